The number of hydrogen-bond donors (Lipinski definition) is 1. The SMILES string of the molecule is CCn1ncc(Cl)c1C(NC)C1CCCCS1(=O)=O. The zero-order valence-corrected chi connectivity index (χ0v) is 12.8. The number of nitrogens with one attached hydrogen (secondary N) is 1. The molecule has 0 radical (unpaired) electrons. The Balaban J connectivity index is 2.41. The molecule has 0 aromatic carbocycles. The van der Waals surface area contributed by atoms with Crippen LogP contribution in [0, 0.1) is 0 Å². The Morgan fingerprint density at radius 2 is 2.32 bits per heavy atom. The summed E-state index contributed by atoms with van der Waals surface area (Å²) in [4.78, 5) is 0. The molecule has 0 bridgehead atoms. The third-order valence-corrected chi connectivity index (χ3v) is 6.32. The Bertz CT molecular complexity index is 541. The van der Waals surface area contributed by atoms with E-state index in [1.165, 1.54) is 0 Å². The molecular weight excluding hydrogens is 286 g/mol. The van der Waals surface area contributed by atoms with Gasteiger partial charge in [0.05, 0.1) is 34.0 Å². The van der Waals surface area contributed by atoms with Gasteiger partial charge in [0.2, 0.25) is 0 Å². The number of sulfone groups is 1. The van der Waals surface area contributed by atoms with Crippen molar-refractivity contribution < 1.29 is 8.42 Å². The molecule has 2 heterocycles. The van der Waals surface area contributed by atoms with E-state index in [0.29, 0.717) is 18.0 Å². The molecule has 2 atom stereocenters. The molecule has 19 heavy (non-hydrogen) atoms. The minimum absolute atomic E-state index is 0.272. The molecular formula is C12H20ClN3O2S. The fraction of sp³-hybridized carbons (Fsp3) is 0.750. The molecule has 0 spiro atoms. The van der Waals surface area contributed by atoms with Crippen LogP contribution in [0.2, 0.25) is 5.02 Å². The molecule has 2 rings (SSSR count). The highest BCUT2D eigenvalue weighted by Gasteiger charge is 2.38. The van der Waals surface area contributed by atoms with Gasteiger partial charge in [0.25, 0.3) is 0 Å². The van der Waals surface area contributed by atoms with Crippen LogP contribution in [0.4, 0.5) is 0 Å². The summed E-state index contributed by atoms with van der Waals surface area (Å²) in [6, 6.07) is -0.291. The standard InChI is InChI=1S/C12H20ClN3O2S/c1-3-16-12(9(13)8-15-16)11(14-2)10-6-4-5-7-19(10,17)18/h8,10-11,14H,3-7H2,1-2H3. The highest BCUT2D eigenvalue weighted by Crippen LogP contribution is 2.33. The number of aryl methyl sites for hydroxylation is 1. The highest BCUT2D eigenvalue weighted by molar-refractivity contribution is 7.92. The van der Waals surface area contributed by atoms with Gasteiger partial charge in [-0.15, -0.1) is 0 Å². The van der Waals surface area contributed by atoms with E-state index in [-0.39, 0.29) is 11.8 Å². The molecule has 1 fully saturated rings. The van der Waals surface area contributed by atoms with Crippen LogP contribution in [0.3, 0.4) is 0 Å². The van der Waals surface area contributed by atoms with Crippen molar-refractivity contribution >= 4 is 21.4 Å². The molecule has 1 aliphatic rings. The van der Waals surface area contributed by atoms with E-state index in [1.807, 2.05) is 6.92 Å². The normalized spacial score (nSPS) is 24.3. The van der Waals surface area contributed by atoms with Gasteiger partial charge in [-0.2, -0.15) is 5.10 Å². The van der Waals surface area contributed by atoms with Crippen molar-refractivity contribution in [2.45, 2.75) is 44.0 Å². The van der Waals surface area contributed by atoms with Crippen LogP contribution in [0.15, 0.2) is 6.20 Å². The first-order valence-corrected chi connectivity index (χ1v) is 8.70. The average Bonchev–Trinajstić information content (AvgIpc) is 2.74. The van der Waals surface area contributed by atoms with Crippen LogP contribution in [0.5, 0.6) is 0 Å². The van der Waals surface area contributed by atoms with Crippen LogP contribution in [0.1, 0.15) is 37.9 Å². The second-order valence-corrected chi connectivity index (χ2v) is 7.61. The van der Waals surface area contributed by atoms with Crippen molar-refractivity contribution in [2.75, 3.05) is 12.8 Å². The maximum absolute atomic E-state index is 12.3. The lowest BCUT2D eigenvalue weighted by Gasteiger charge is -2.30. The van der Waals surface area contributed by atoms with Crippen LogP contribution < -0.4 is 5.32 Å². The van der Waals surface area contributed by atoms with E-state index in [9.17, 15) is 8.42 Å². The number of rotatable bonds is 4. The lowest BCUT2D eigenvalue weighted by Crippen LogP contribution is -2.40. The summed E-state index contributed by atoms with van der Waals surface area (Å²) in [5.74, 6) is 0.272. The zero-order valence-electron chi connectivity index (χ0n) is 11.3. The van der Waals surface area contributed by atoms with Crippen molar-refractivity contribution in [3.05, 3.63) is 16.9 Å². The first-order chi connectivity index (χ1) is 9.01. The highest BCUT2D eigenvalue weighted by atomic mass is 35.5. The Morgan fingerprint density at radius 1 is 1.58 bits per heavy atom. The van der Waals surface area contributed by atoms with Crippen molar-refractivity contribution in [3.8, 4) is 0 Å². The Morgan fingerprint density at radius 3 is 2.89 bits per heavy atom. The quantitative estimate of drug-likeness (QED) is 0.921. The largest absolute Gasteiger partial charge is 0.311 e. The van der Waals surface area contributed by atoms with Gasteiger partial charge >= 0.3 is 0 Å². The van der Waals surface area contributed by atoms with Crippen molar-refractivity contribution in [1.82, 2.24) is 15.1 Å². The van der Waals surface area contributed by atoms with Crippen molar-refractivity contribution in [2.24, 2.45) is 0 Å². The van der Waals surface area contributed by atoms with Gasteiger partial charge in [-0.3, -0.25) is 4.68 Å². The van der Waals surface area contributed by atoms with Gasteiger partial charge in [0, 0.05) is 6.54 Å². The fourth-order valence-corrected chi connectivity index (χ4v) is 5.16. The molecule has 5 nitrogen and oxygen atoms in total. The fourth-order valence-electron chi connectivity index (χ4n) is 2.79. The first kappa shape index (κ1) is 14.8. The molecule has 7 heteroatoms. The minimum Gasteiger partial charge on any atom is -0.311 e. The summed E-state index contributed by atoms with van der Waals surface area (Å²) in [5.41, 5.74) is 0.780. The molecule has 1 aromatic rings. The predicted molar refractivity (Wildman–Crippen MR) is 76.1 cm³/mol. The van der Waals surface area contributed by atoms with E-state index >= 15 is 0 Å². The number of hydrogen-bond acceptors (Lipinski definition) is 4. The van der Waals surface area contributed by atoms with Gasteiger partial charge in [0.1, 0.15) is 0 Å². The van der Waals surface area contributed by atoms with E-state index in [4.69, 9.17) is 11.6 Å². The summed E-state index contributed by atoms with van der Waals surface area (Å²) in [6.45, 7) is 2.64. The molecule has 0 aliphatic carbocycles. The maximum atomic E-state index is 12.3. The molecule has 2 unspecified atom stereocenters. The molecule has 1 aromatic heterocycles. The number of nitrogens with zero attached hydrogens (tertiary/aromatic N) is 2. The van der Waals surface area contributed by atoms with Crippen LogP contribution in [-0.2, 0) is 16.4 Å². The van der Waals surface area contributed by atoms with E-state index in [1.54, 1.807) is 17.9 Å². The molecule has 1 aliphatic heterocycles. The van der Waals surface area contributed by atoms with Crippen molar-refractivity contribution in [3.63, 3.8) is 0 Å². The Labute approximate surface area is 119 Å². The van der Waals surface area contributed by atoms with Crippen LogP contribution in [-0.4, -0.2) is 36.2 Å². The Hall–Kier alpha value is -0.590. The summed E-state index contributed by atoms with van der Waals surface area (Å²) >= 11 is 6.19. The van der Waals surface area contributed by atoms with Gasteiger partial charge < -0.3 is 5.32 Å². The average molecular weight is 306 g/mol. The van der Waals surface area contributed by atoms with Gasteiger partial charge in [-0.25, -0.2) is 8.42 Å². The summed E-state index contributed by atoms with van der Waals surface area (Å²) < 4.78 is 26.3. The van der Waals surface area contributed by atoms with Gasteiger partial charge in [-0.1, -0.05) is 18.0 Å². The molecule has 0 amide bonds. The molecule has 1 N–H and O–H groups in total. The third kappa shape index (κ3) is 2.80. The number of halogens is 1. The lowest BCUT2D eigenvalue weighted by molar-refractivity contribution is 0.443. The topological polar surface area (TPSA) is 64.0 Å². The summed E-state index contributed by atoms with van der Waals surface area (Å²) in [6.07, 6.45) is 3.97. The van der Waals surface area contributed by atoms with Gasteiger partial charge in [-0.05, 0) is 26.8 Å². The maximum Gasteiger partial charge on any atom is 0.155 e. The molecule has 108 valence electrons. The van der Waals surface area contributed by atoms with Crippen LogP contribution in [0.25, 0.3) is 0 Å². The van der Waals surface area contributed by atoms with E-state index < -0.39 is 15.1 Å². The van der Waals surface area contributed by atoms with Gasteiger partial charge in [0.15, 0.2) is 9.84 Å². The summed E-state index contributed by atoms with van der Waals surface area (Å²) in [5, 5.41) is 7.43. The lowest BCUT2D eigenvalue weighted by atomic mass is 10.0. The second kappa shape index (κ2) is 5.81. The minimum atomic E-state index is -3.06. The smallest absolute Gasteiger partial charge is 0.155 e. The van der Waals surface area contributed by atoms with Crippen LogP contribution >= 0.6 is 11.6 Å². The second-order valence-electron chi connectivity index (χ2n) is 4.86. The zero-order chi connectivity index (χ0) is 14.0. The Kier molecular flexibility index (Phi) is 4.53. The van der Waals surface area contributed by atoms with Crippen molar-refractivity contribution in [1.29, 1.82) is 0 Å². The van der Waals surface area contributed by atoms with E-state index in [0.717, 1.165) is 18.5 Å². The van der Waals surface area contributed by atoms with E-state index in [2.05, 4.69) is 10.4 Å². The number of aromatic nitrogens is 2. The third-order valence-electron chi connectivity index (χ3n) is 3.74. The monoisotopic (exact) mass is 305 g/mol. The summed E-state index contributed by atoms with van der Waals surface area (Å²) in [7, 11) is -1.29. The molecule has 0 saturated carbocycles. The predicted octanol–water partition coefficient (Wildman–Crippen LogP) is 1.78. The molecule has 1 saturated heterocycles. The first-order valence-electron chi connectivity index (χ1n) is 6.61.